The summed E-state index contributed by atoms with van der Waals surface area (Å²) in [5.74, 6) is 0. The summed E-state index contributed by atoms with van der Waals surface area (Å²) in [4.78, 5) is 16.7. The summed E-state index contributed by atoms with van der Waals surface area (Å²) in [6.45, 7) is 13.3. The molecule has 1 N–H and O–H groups in total. The molecule has 5 nitrogen and oxygen atoms in total. The van der Waals surface area contributed by atoms with Crippen molar-refractivity contribution in [3.05, 3.63) is 0 Å². The lowest BCUT2D eigenvalue weighted by atomic mass is 10.2. The summed E-state index contributed by atoms with van der Waals surface area (Å²) in [6.07, 6.45) is 4.65. The average Bonchev–Trinajstić information content (AvgIpc) is 3.04. The topological polar surface area (TPSA) is 44.8 Å². The predicted molar refractivity (Wildman–Crippen MR) is 89.1 cm³/mol. The third kappa shape index (κ3) is 5.43. The van der Waals surface area contributed by atoms with Crippen molar-refractivity contribution in [2.75, 3.05) is 32.7 Å². The lowest BCUT2D eigenvalue weighted by Gasteiger charge is -2.30. The molecule has 2 fully saturated rings. The third-order valence-electron chi connectivity index (χ3n) is 4.44. The van der Waals surface area contributed by atoms with Crippen molar-refractivity contribution >= 4 is 6.09 Å². The molecule has 2 atom stereocenters. The van der Waals surface area contributed by atoms with Gasteiger partial charge in [0, 0.05) is 31.7 Å². The van der Waals surface area contributed by atoms with Gasteiger partial charge in [-0.3, -0.25) is 0 Å². The number of ether oxygens (including phenoxy) is 1. The molecule has 2 rings (SSSR count). The Morgan fingerprint density at radius 3 is 2.55 bits per heavy atom. The Morgan fingerprint density at radius 1 is 1.23 bits per heavy atom. The fourth-order valence-electron chi connectivity index (χ4n) is 3.36. The summed E-state index contributed by atoms with van der Waals surface area (Å²) in [7, 11) is 0. The molecule has 0 bridgehead atoms. The first-order valence-electron chi connectivity index (χ1n) is 8.80. The minimum atomic E-state index is -0.416. The quantitative estimate of drug-likeness (QED) is 0.847. The van der Waals surface area contributed by atoms with E-state index in [0.29, 0.717) is 6.04 Å². The van der Waals surface area contributed by atoms with E-state index in [1.54, 1.807) is 0 Å². The van der Waals surface area contributed by atoms with Crippen LogP contribution in [0.3, 0.4) is 0 Å². The van der Waals surface area contributed by atoms with Gasteiger partial charge in [-0.25, -0.2) is 4.79 Å². The van der Waals surface area contributed by atoms with E-state index in [4.69, 9.17) is 4.74 Å². The van der Waals surface area contributed by atoms with E-state index in [0.717, 1.165) is 32.5 Å². The summed E-state index contributed by atoms with van der Waals surface area (Å²) in [5.41, 5.74) is -0.416. The molecule has 2 aliphatic heterocycles. The van der Waals surface area contributed by atoms with Crippen molar-refractivity contribution in [1.82, 2.24) is 15.1 Å². The Bertz CT molecular complexity index is 361. The van der Waals surface area contributed by atoms with Crippen LogP contribution in [0.25, 0.3) is 0 Å². The maximum absolute atomic E-state index is 12.3. The maximum atomic E-state index is 12.3. The second-order valence-corrected chi connectivity index (χ2v) is 7.79. The zero-order valence-electron chi connectivity index (χ0n) is 14.7. The molecule has 0 aromatic rings. The van der Waals surface area contributed by atoms with Crippen LogP contribution in [-0.4, -0.2) is 66.3 Å². The SMILES string of the molecule is CC(CN1CCCC1)NCC1CCCN1C(=O)OC(C)(C)C. The van der Waals surface area contributed by atoms with Crippen molar-refractivity contribution in [2.45, 2.75) is 71.1 Å². The largest absolute Gasteiger partial charge is 0.444 e. The van der Waals surface area contributed by atoms with Gasteiger partial charge in [0.1, 0.15) is 5.60 Å². The number of carbonyl (C=O) groups excluding carboxylic acids is 1. The number of hydrogen-bond donors (Lipinski definition) is 1. The second-order valence-electron chi connectivity index (χ2n) is 7.79. The zero-order valence-corrected chi connectivity index (χ0v) is 14.7. The highest BCUT2D eigenvalue weighted by atomic mass is 16.6. The van der Waals surface area contributed by atoms with E-state index in [2.05, 4.69) is 17.1 Å². The minimum absolute atomic E-state index is 0.163. The fraction of sp³-hybridized carbons (Fsp3) is 0.941. The molecular formula is C17H33N3O2. The highest BCUT2D eigenvalue weighted by Crippen LogP contribution is 2.20. The fourth-order valence-corrected chi connectivity index (χ4v) is 3.36. The molecule has 2 saturated heterocycles. The first-order chi connectivity index (χ1) is 10.3. The van der Waals surface area contributed by atoms with Crippen LogP contribution in [0.1, 0.15) is 53.4 Å². The number of rotatable bonds is 5. The van der Waals surface area contributed by atoms with Gasteiger partial charge in [-0.15, -0.1) is 0 Å². The van der Waals surface area contributed by atoms with Gasteiger partial charge in [0.15, 0.2) is 0 Å². The van der Waals surface area contributed by atoms with Crippen LogP contribution in [0.4, 0.5) is 4.79 Å². The molecule has 128 valence electrons. The number of nitrogens with one attached hydrogen (secondary N) is 1. The van der Waals surface area contributed by atoms with Gasteiger partial charge in [0.05, 0.1) is 0 Å². The van der Waals surface area contributed by atoms with E-state index >= 15 is 0 Å². The number of likely N-dealkylation sites (tertiary alicyclic amines) is 2. The monoisotopic (exact) mass is 311 g/mol. The minimum Gasteiger partial charge on any atom is -0.444 e. The molecule has 22 heavy (non-hydrogen) atoms. The number of carbonyl (C=O) groups is 1. The van der Waals surface area contributed by atoms with Crippen LogP contribution in [0.5, 0.6) is 0 Å². The Labute approximate surface area is 135 Å². The van der Waals surface area contributed by atoms with Crippen LogP contribution in [0, 0.1) is 0 Å². The van der Waals surface area contributed by atoms with Crippen molar-refractivity contribution in [3.63, 3.8) is 0 Å². The van der Waals surface area contributed by atoms with Crippen molar-refractivity contribution in [1.29, 1.82) is 0 Å². The molecule has 2 heterocycles. The van der Waals surface area contributed by atoms with Gasteiger partial charge < -0.3 is 19.9 Å². The maximum Gasteiger partial charge on any atom is 0.410 e. The highest BCUT2D eigenvalue weighted by molar-refractivity contribution is 5.69. The first kappa shape index (κ1) is 17.5. The normalized spacial score (nSPS) is 24.7. The van der Waals surface area contributed by atoms with Gasteiger partial charge in [-0.05, 0) is 66.5 Å². The van der Waals surface area contributed by atoms with E-state index in [9.17, 15) is 4.79 Å². The Morgan fingerprint density at radius 2 is 1.91 bits per heavy atom. The molecule has 0 aromatic heterocycles. The zero-order chi connectivity index (χ0) is 16.2. The van der Waals surface area contributed by atoms with Gasteiger partial charge in [0.2, 0.25) is 0 Å². The lowest BCUT2D eigenvalue weighted by molar-refractivity contribution is 0.0224. The lowest BCUT2D eigenvalue weighted by Crippen LogP contribution is -2.47. The molecule has 0 radical (unpaired) electrons. The van der Waals surface area contributed by atoms with Crippen LogP contribution >= 0.6 is 0 Å². The number of nitrogens with zero attached hydrogens (tertiary/aromatic N) is 2. The number of hydrogen-bond acceptors (Lipinski definition) is 4. The molecule has 0 spiro atoms. The number of amides is 1. The standard InChI is InChI=1S/C17H33N3O2/c1-14(13-19-9-5-6-10-19)18-12-15-8-7-11-20(15)16(21)22-17(2,3)4/h14-15,18H,5-13H2,1-4H3. The molecule has 2 aliphatic rings. The summed E-state index contributed by atoms with van der Waals surface area (Å²) >= 11 is 0. The van der Waals surface area contributed by atoms with Crippen molar-refractivity contribution in [3.8, 4) is 0 Å². The van der Waals surface area contributed by atoms with Crippen LogP contribution in [0.15, 0.2) is 0 Å². The molecule has 0 aliphatic carbocycles. The van der Waals surface area contributed by atoms with Gasteiger partial charge in [0.25, 0.3) is 0 Å². The van der Waals surface area contributed by atoms with Crippen molar-refractivity contribution < 1.29 is 9.53 Å². The molecule has 5 heteroatoms. The summed E-state index contributed by atoms with van der Waals surface area (Å²) in [5, 5.41) is 3.61. The van der Waals surface area contributed by atoms with E-state index in [1.807, 2.05) is 25.7 Å². The third-order valence-corrected chi connectivity index (χ3v) is 4.44. The van der Waals surface area contributed by atoms with E-state index in [-0.39, 0.29) is 12.1 Å². The summed E-state index contributed by atoms with van der Waals surface area (Å²) in [6, 6.07) is 0.745. The Kier molecular flexibility index (Phi) is 6.09. The molecule has 0 aromatic carbocycles. The predicted octanol–water partition coefficient (Wildman–Crippen LogP) is 2.46. The molecule has 1 amide bonds. The molecular weight excluding hydrogens is 278 g/mol. The van der Waals surface area contributed by atoms with E-state index in [1.165, 1.54) is 25.9 Å². The van der Waals surface area contributed by atoms with Crippen molar-refractivity contribution in [2.24, 2.45) is 0 Å². The Hall–Kier alpha value is -0.810. The Balaban J connectivity index is 1.74. The summed E-state index contributed by atoms with van der Waals surface area (Å²) < 4.78 is 5.52. The van der Waals surface area contributed by atoms with Gasteiger partial charge in [-0.2, -0.15) is 0 Å². The van der Waals surface area contributed by atoms with Crippen LogP contribution in [0.2, 0.25) is 0 Å². The van der Waals surface area contributed by atoms with Gasteiger partial charge >= 0.3 is 6.09 Å². The first-order valence-corrected chi connectivity index (χ1v) is 8.80. The molecule has 2 unspecified atom stereocenters. The van der Waals surface area contributed by atoms with E-state index < -0.39 is 5.60 Å². The average molecular weight is 311 g/mol. The second kappa shape index (κ2) is 7.64. The van der Waals surface area contributed by atoms with Crippen LogP contribution in [-0.2, 0) is 4.74 Å². The van der Waals surface area contributed by atoms with Crippen LogP contribution < -0.4 is 5.32 Å². The molecule has 0 saturated carbocycles. The van der Waals surface area contributed by atoms with Gasteiger partial charge in [-0.1, -0.05) is 0 Å². The highest BCUT2D eigenvalue weighted by Gasteiger charge is 2.32. The smallest absolute Gasteiger partial charge is 0.410 e.